The Bertz CT molecular complexity index is 1660. The number of carbonyl (C=O) groups excluding carboxylic acids is 1. The van der Waals surface area contributed by atoms with Crippen molar-refractivity contribution in [2.45, 2.75) is 573 Å². The van der Waals surface area contributed by atoms with Crippen molar-refractivity contribution in [1.29, 1.82) is 0 Å². The first-order valence-corrected chi connectivity index (χ1v) is 59.5. The minimum Gasteiger partial charge on any atom is -0.518 e. The van der Waals surface area contributed by atoms with E-state index >= 15 is 0 Å². The summed E-state index contributed by atoms with van der Waals surface area (Å²) in [6, 6.07) is 12.4. The molecule has 0 unspecified atom stereocenters. The lowest BCUT2D eigenvalue weighted by Crippen LogP contribution is -2.65. The normalized spacial score (nSPS) is 12.6. The molecule has 0 atom stereocenters. The molecule has 0 bridgehead atoms. The molecule has 0 aromatic carbocycles. The maximum atomic E-state index is 14.0. The van der Waals surface area contributed by atoms with Crippen LogP contribution >= 0.6 is 0 Å². The average molecular weight is 1530 g/mol. The number of hydrogen-bond donors (Lipinski definition) is 0. The van der Waals surface area contributed by atoms with E-state index in [4.69, 9.17) is 8.54 Å². The molecule has 0 aliphatic carbocycles. The van der Waals surface area contributed by atoms with Crippen molar-refractivity contribution >= 4 is 48.3 Å². The predicted octanol–water partition coefficient (Wildman–Crippen LogP) is 34.9. The van der Waals surface area contributed by atoms with Gasteiger partial charge in [0.25, 0.3) is 0 Å². The second kappa shape index (κ2) is 74.9. The van der Waals surface area contributed by atoms with Gasteiger partial charge in [0.05, 0.1) is 0 Å². The van der Waals surface area contributed by atoms with Gasteiger partial charge >= 0.3 is 34.2 Å². The summed E-state index contributed by atoms with van der Waals surface area (Å²) < 4.78 is 44.8. The van der Waals surface area contributed by atoms with Crippen LogP contribution in [0, 0.1) is 0 Å². The first-order chi connectivity index (χ1) is 50.3. The van der Waals surface area contributed by atoms with Crippen molar-refractivity contribution in [2.24, 2.45) is 0 Å². The van der Waals surface area contributed by atoms with Gasteiger partial charge in [-0.15, -0.1) is 0 Å². The highest BCUT2D eigenvalue weighted by atomic mass is 28.5. The van der Waals surface area contributed by atoms with Crippen LogP contribution in [0.25, 0.3) is 0 Å². The third kappa shape index (κ3) is 58.7. The first kappa shape index (κ1) is 103. The van der Waals surface area contributed by atoms with E-state index in [-0.39, 0.29) is 5.78 Å². The van der Waals surface area contributed by atoms with E-state index in [1.54, 1.807) is 6.92 Å². The van der Waals surface area contributed by atoms with Gasteiger partial charge in [0.1, 0.15) is 5.76 Å². The number of hydrogen-bond acceptors (Lipinski definition) is 6. The second-order valence-electron chi connectivity index (χ2n) is 34.0. The van der Waals surface area contributed by atoms with Crippen molar-refractivity contribution in [1.82, 2.24) is 0 Å². The molecule has 0 fully saturated rings. The quantitative estimate of drug-likeness (QED) is 0.0262. The van der Waals surface area contributed by atoms with E-state index in [1.807, 2.05) is 0 Å². The van der Waals surface area contributed by atoms with E-state index in [2.05, 4.69) is 82.7 Å². The predicted molar refractivity (Wildman–Crippen MR) is 474 cm³/mol. The summed E-state index contributed by atoms with van der Waals surface area (Å²) in [4.78, 5) is 14.0. The minimum absolute atomic E-state index is 0.0301. The summed E-state index contributed by atoms with van der Waals surface area (Å²) in [5.74, 6) is 0.321. The van der Waals surface area contributed by atoms with Crippen LogP contribution < -0.4 is 0 Å². The molecule has 0 spiro atoms. The van der Waals surface area contributed by atoms with Crippen LogP contribution in [-0.2, 0) is 25.7 Å². The van der Waals surface area contributed by atoms with Crippen LogP contribution in [0.1, 0.15) is 507 Å². The van der Waals surface area contributed by atoms with Crippen LogP contribution in [0.4, 0.5) is 0 Å². The highest BCUT2D eigenvalue weighted by molar-refractivity contribution is 6.92. The maximum Gasteiger partial charge on any atom is 0.390 e. The molecule has 0 saturated heterocycles. The van der Waals surface area contributed by atoms with Gasteiger partial charge in [-0.25, -0.2) is 0 Å². The zero-order valence-electron chi connectivity index (χ0n) is 73.1. The minimum atomic E-state index is -3.31. The number of unbranched alkanes of at least 4 members (excludes halogenated alkanes) is 55. The number of rotatable bonds is 88. The van der Waals surface area contributed by atoms with Crippen LogP contribution in [0.15, 0.2) is 12.3 Å². The third-order valence-electron chi connectivity index (χ3n) is 23.5. The third-order valence-corrected chi connectivity index (χ3v) is 49.0. The van der Waals surface area contributed by atoms with E-state index in [9.17, 15) is 17.1 Å². The van der Waals surface area contributed by atoms with Gasteiger partial charge in [-0.1, -0.05) is 507 Å². The molecule has 616 valence electrons. The second-order valence-corrected chi connectivity index (χ2v) is 52.6. The van der Waals surface area contributed by atoms with E-state index in [0.29, 0.717) is 5.76 Å². The molecule has 0 aromatic heterocycles. The Labute approximate surface area is 655 Å². The first-order valence-electron chi connectivity index (χ1n) is 48.0. The maximum absolute atomic E-state index is 14.0. The molecule has 0 N–H and O–H groups in total. The van der Waals surface area contributed by atoms with E-state index in [1.165, 1.54) is 416 Å². The Morgan fingerprint density at radius 1 is 0.194 bits per heavy atom. The van der Waals surface area contributed by atoms with Crippen LogP contribution in [-0.4, -0.2) is 48.3 Å². The topological polar surface area (TPSA) is 63.2 Å². The lowest BCUT2D eigenvalue weighted by atomic mass is 10.1. The molecule has 0 radical (unpaired) electrons. The molecule has 0 heterocycles. The summed E-state index contributed by atoms with van der Waals surface area (Å²) in [6.45, 7) is 32.5. The van der Waals surface area contributed by atoms with Gasteiger partial charge in [0, 0.05) is 19.0 Å². The SMILES string of the molecule is C=C(O[Si](CCCCCCCC)(CCCCCCCC)O[Si](CCCCCCCC)(CCCCCCCC)O[Si](CCCCCCCC)(CCCCCCCC)O[Si](CCCCCCCC)(CCCCCCCC)O[Si](CCCCCCCC)(CCCCCCCC)CCCCCCCC)C(C)=O. The molecule has 0 rings (SSSR count). The Hall–Kier alpha value is 0.134. The fourth-order valence-corrected chi connectivity index (χ4v) is 48.3. The van der Waals surface area contributed by atoms with Gasteiger partial charge in [-0.05, 0) is 54.4 Å². The molecule has 0 amide bonds. The van der Waals surface area contributed by atoms with Gasteiger partial charge in [0.15, 0.2) is 14.1 Å². The Kier molecular flexibility index (Phi) is 75.0. The molecule has 0 aliphatic rings. The molecule has 0 aliphatic heterocycles. The lowest BCUT2D eigenvalue weighted by Gasteiger charge is -2.50. The van der Waals surface area contributed by atoms with Gasteiger partial charge < -0.3 is 20.9 Å². The summed E-state index contributed by atoms with van der Waals surface area (Å²) >= 11 is 0. The zero-order valence-corrected chi connectivity index (χ0v) is 78.1. The van der Waals surface area contributed by atoms with Crippen molar-refractivity contribution in [3.63, 3.8) is 0 Å². The molecule has 0 saturated carbocycles. The number of carbonyl (C=O) groups is 1. The number of allylic oxidation sites excluding steroid dienone is 1. The monoisotopic (exact) mass is 1530 g/mol. The molecular formula is C92H192O6Si5. The van der Waals surface area contributed by atoms with E-state index < -0.39 is 42.6 Å². The van der Waals surface area contributed by atoms with Crippen LogP contribution in [0.2, 0.25) is 66.5 Å². The highest BCUT2D eigenvalue weighted by Crippen LogP contribution is 2.46. The van der Waals surface area contributed by atoms with Crippen molar-refractivity contribution < 1.29 is 25.7 Å². The fourth-order valence-electron chi connectivity index (χ4n) is 16.7. The van der Waals surface area contributed by atoms with Crippen molar-refractivity contribution in [3.05, 3.63) is 12.3 Å². The number of ketones is 1. The molecule has 103 heavy (non-hydrogen) atoms. The van der Waals surface area contributed by atoms with Crippen molar-refractivity contribution in [2.75, 3.05) is 0 Å². The summed E-state index contributed by atoms with van der Waals surface area (Å²) in [6.07, 6.45) is 85.2. The van der Waals surface area contributed by atoms with Crippen LogP contribution in [0.5, 0.6) is 0 Å². The molecular weight excluding hydrogens is 1340 g/mol. The van der Waals surface area contributed by atoms with Gasteiger partial charge in [-0.2, -0.15) is 0 Å². The Morgan fingerprint density at radius 2 is 0.330 bits per heavy atom. The smallest absolute Gasteiger partial charge is 0.390 e. The standard InChI is InChI=1S/C92H192O6Si5/c1-14-25-36-47-58-69-80-99(81-70-59-48-37-26-15-2,82-71-60-49-38-27-16-3)95-101(85-74-63-52-41-30-19-6,86-75-64-53-42-31-20-7)97-103(89-78-67-56-45-34-23-10,90-79-68-57-46-35-24-11)98-102(87-76-65-54-43-32-21-8,88-77-66-55-44-33-22-9)96-100(94-92(13)91(12)93,83-72-61-50-39-28-17-4)84-73-62-51-40-29-18-5/h13-90H2,1-12H3. The van der Waals surface area contributed by atoms with Gasteiger partial charge in [0.2, 0.25) is 0 Å². The summed E-state index contributed by atoms with van der Waals surface area (Å²) in [7, 11) is -15.4. The lowest BCUT2D eigenvalue weighted by molar-refractivity contribution is -0.115. The largest absolute Gasteiger partial charge is 0.518 e. The Balaban J connectivity index is 10.0. The van der Waals surface area contributed by atoms with Gasteiger partial charge in [-0.3, -0.25) is 4.79 Å². The zero-order chi connectivity index (χ0) is 75.6. The van der Waals surface area contributed by atoms with Crippen LogP contribution in [0.3, 0.4) is 0 Å². The molecule has 11 heteroatoms. The summed E-state index contributed by atoms with van der Waals surface area (Å²) in [5.41, 5.74) is 0. The molecule has 6 nitrogen and oxygen atoms in total. The number of Topliss-reactive ketones (excluding diaryl/α,β-unsaturated/α-hetero) is 1. The fraction of sp³-hybridized carbons (Fsp3) is 0.967. The Morgan fingerprint density at radius 3 is 0.505 bits per heavy atom. The average Bonchev–Trinajstić information content (AvgIpc) is 0.768. The van der Waals surface area contributed by atoms with E-state index in [0.717, 1.165) is 74.0 Å². The molecule has 0 aromatic rings. The highest BCUT2D eigenvalue weighted by Gasteiger charge is 2.58. The van der Waals surface area contributed by atoms with Crippen molar-refractivity contribution in [3.8, 4) is 0 Å². The summed E-state index contributed by atoms with van der Waals surface area (Å²) in [5, 5.41) is 0.